The average Bonchev–Trinajstić information content (AvgIpc) is 2.12. The average molecular weight is 108 g/mol. The minimum absolute atomic E-state index is 0.980. The summed E-state index contributed by atoms with van der Waals surface area (Å²) < 4.78 is 0. The normalized spacial score (nSPS) is 44.0. The third-order valence-corrected chi connectivity index (χ3v) is 2.46. The highest BCUT2D eigenvalue weighted by atomic mass is 14.3. The van der Waals surface area contributed by atoms with Crippen LogP contribution in [0.5, 0.6) is 0 Å². The van der Waals surface area contributed by atoms with E-state index >= 15 is 0 Å². The van der Waals surface area contributed by atoms with Gasteiger partial charge in [0.25, 0.3) is 0 Å². The molecule has 0 saturated heterocycles. The third-order valence-electron chi connectivity index (χ3n) is 2.46. The third kappa shape index (κ3) is 0.630. The minimum Gasteiger partial charge on any atom is -0.0459 e. The van der Waals surface area contributed by atoms with E-state index in [1.54, 1.807) is 0 Å². The summed E-state index contributed by atoms with van der Waals surface area (Å²) in [5.41, 5.74) is 0. The Balaban J connectivity index is 2.03. The van der Waals surface area contributed by atoms with Crippen molar-refractivity contribution in [1.82, 2.24) is 0 Å². The van der Waals surface area contributed by atoms with Crippen LogP contribution in [0.4, 0.5) is 0 Å². The van der Waals surface area contributed by atoms with Crippen molar-refractivity contribution in [1.29, 1.82) is 0 Å². The second kappa shape index (κ2) is 1.68. The first-order valence-electron chi connectivity index (χ1n) is 3.62. The molecule has 0 aromatic carbocycles. The van der Waals surface area contributed by atoms with Crippen molar-refractivity contribution < 1.29 is 0 Å². The van der Waals surface area contributed by atoms with Gasteiger partial charge in [-0.2, -0.15) is 0 Å². The number of hydrogen-bond donors (Lipinski definition) is 0. The van der Waals surface area contributed by atoms with E-state index in [2.05, 4.69) is 12.8 Å². The highest BCUT2D eigenvalue weighted by molar-refractivity contribution is 5.01. The summed E-state index contributed by atoms with van der Waals surface area (Å²) in [5.74, 6) is 2.05. The van der Waals surface area contributed by atoms with Crippen LogP contribution < -0.4 is 0 Å². The van der Waals surface area contributed by atoms with Crippen LogP contribution in [-0.4, -0.2) is 0 Å². The lowest BCUT2D eigenvalue weighted by atomic mass is 9.89. The summed E-state index contributed by atoms with van der Waals surface area (Å²) in [6.07, 6.45) is 10.6. The Morgan fingerprint density at radius 3 is 3.12 bits per heavy atom. The Hall–Kier alpha value is -0.130. The number of fused-ring (bicyclic) bond motifs is 2. The first-order valence-corrected chi connectivity index (χ1v) is 3.62. The first-order chi connectivity index (χ1) is 3.95. The molecule has 0 aromatic rings. The van der Waals surface area contributed by atoms with Crippen molar-refractivity contribution in [2.75, 3.05) is 0 Å². The Kier molecular flexibility index (Phi) is 0.991. The molecule has 0 amide bonds. The number of hydrogen-bond acceptors (Lipinski definition) is 0. The molecule has 0 heterocycles. The molecule has 2 fully saturated rings. The van der Waals surface area contributed by atoms with Crippen LogP contribution in [0.2, 0.25) is 0 Å². The lowest BCUT2D eigenvalue weighted by Crippen LogP contribution is -2.05. The molecule has 1 radical (unpaired) electrons. The second-order valence-corrected chi connectivity index (χ2v) is 3.10. The molecular formula is C8H12+. The monoisotopic (exact) mass is 108 g/mol. The van der Waals surface area contributed by atoms with Crippen LogP contribution in [0.3, 0.4) is 0 Å². The molecule has 8 heavy (non-hydrogen) atoms. The van der Waals surface area contributed by atoms with Gasteiger partial charge in [0.2, 0.25) is 0 Å². The van der Waals surface area contributed by atoms with Crippen molar-refractivity contribution in [3.63, 3.8) is 0 Å². The Morgan fingerprint density at radius 2 is 2.38 bits per heavy atom. The zero-order valence-electron chi connectivity index (χ0n) is 5.14. The van der Waals surface area contributed by atoms with Gasteiger partial charge in [-0.25, -0.2) is 0 Å². The van der Waals surface area contributed by atoms with Crippen molar-refractivity contribution in [3.05, 3.63) is 12.8 Å². The number of rotatable bonds is 0. The summed E-state index contributed by atoms with van der Waals surface area (Å²) in [6, 6.07) is 0. The first kappa shape index (κ1) is 4.72. The van der Waals surface area contributed by atoms with Crippen LogP contribution in [0.1, 0.15) is 25.7 Å². The molecule has 0 N–H and O–H groups in total. The maximum absolute atomic E-state index is 2.41. The topological polar surface area (TPSA) is 0 Å². The van der Waals surface area contributed by atoms with Gasteiger partial charge in [0.1, 0.15) is 6.42 Å². The van der Waals surface area contributed by atoms with E-state index in [1.807, 2.05) is 0 Å². The van der Waals surface area contributed by atoms with E-state index in [0.29, 0.717) is 0 Å². The molecule has 2 saturated carbocycles. The molecule has 0 spiro atoms. The molecule has 2 rings (SSSR count). The van der Waals surface area contributed by atoms with E-state index in [0.717, 1.165) is 11.8 Å². The summed E-state index contributed by atoms with van der Waals surface area (Å²) in [7, 11) is 0. The fraction of sp³-hybridized carbons (Fsp3) is 0.750. The quantitative estimate of drug-likeness (QED) is 0.417. The van der Waals surface area contributed by atoms with Crippen LogP contribution in [0, 0.1) is 24.7 Å². The summed E-state index contributed by atoms with van der Waals surface area (Å²) in [6.45, 7) is 0. The second-order valence-electron chi connectivity index (χ2n) is 3.10. The van der Waals surface area contributed by atoms with E-state index in [4.69, 9.17) is 0 Å². The van der Waals surface area contributed by atoms with Gasteiger partial charge < -0.3 is 0 Å². The van der Waals surface area contributed by atoms with E-state index in [-0.39, 0.29) is 0 Å². The summed E-state index contributed by atoms with van der Waals surface area (Å²) in [4.78, 5) is 0. The van der Waals surface area contributed by atoms with Crippen LogP contribution in [0.25, 0.3) is 0 Å². The molecule has 43 valence electrons. The summed E-state index contributed by atoms with van der Waals surface area (Å²) >= 11 is 0. The van der Waals surface area contributed by atoms with E-state index < -0.39 is 0 Å². The molecule has 0 aliphatic heterocycles. The Morgan fingerprint density at radius 1 is 1.38 bits per heavy atom. The maximum atomic E-state index is 2.41. The van der Waals surface area contributed by atoms with Gasteiger partial charge in [-0.1, -0.05) is 0 Å². The molecule has 2 atom stereocenters. The molecule has 2 bridgehead atoms. The Bertz CT molecular complexity index is 72.0. The summed E-state index contributed by atoms with van der Waals surface area (Å²) in [5, 5.41) is 0. The van der Waals surface area contributed by atoms with Crippen molar-refractivity contribution >= 4 is 0 Å². The molecule has 2 aliphatic carbocycles. The Labute approximate surface area is 51.3 Å². The molecule has 2 unspecified atom stereocenters. The van der Waals surface area contributed by atoms with Crippen molar-refractivity contribution in [2.45, 2.75) is 25.7 Å². The highest BCUT2D eigenvalue weighted by Gasteiger charge is 2.33. The predicted octanol–water partition coefficient (Wildman–Crippen LogP) is 2.21. The molecule has 0 aromatic heterocycles. The molecule has 2 aliphatic rings. The highest BCUT2D eigenvalue weighted by Crippen LogP contribution is 2.40. The lowest BCUT2D eigenvalue weighted by Gasteiger charge is -2.08. The molecule has 0 nitrogen and oxygen atoms in total. The van der Waals surface area contributed by atoms with Gasteiger partial charge in [-0.3, -0.25) is 0 Å². The van der Waals surface area contributed by atoms with Crippen LogP contribution in [-0.2, 0) is 0 Å². The predicted molar refractivity (Wildman–Crippen MR) is 34.0 cm³/mol. The van der Waals surface area contributed by atoms with Gasteiger partial charge in [-0.15, -0.1) is 0 Å². The smallest absolute Gasteiger partial charge is 0.0459 e. The van der Waals surface area contributed by atoms with Gasteiger partial charge in [0, 0.05) is 5.92 Å². The fourth-order valence-electron chi connectivity index (χ4n) is 1.97. The lowest BCUT2D eigenvalue weighted by molar-refractivity contribution is 0.479. The van der Waals surface area contributed by atoms with Crippen molar-refractivity contribution in [3.8, 4) is 0 Å². The largest absolute Gasteiger partial charge is 0.143 e. The molecule has 0 heteroatoms. The van der Waals surface area contributed by atoms with Crippen molar-refractivity contribution in [2.24, 2.45) is 11.8 Å². The zero-order chi connectivity index (χ0) is 5.40. The fourth-order valence-corrected chi connectivity index (χ4v) is 1.97. The van der Waals surface area contributed by atoms with E-state index in [9.17, 15) is 0 Å². The van der Waals surface area contributed by atoms with Gasteiger partial charge in [-0.05, 0) is 25.2 Å². The van der Waals surface area contributed by atoms with E-state index in [1.165, 1.54) is 25.7 Å². The molecular weight excluding hydrogens is 96.1 g/mol. The standard InChI is InChI=1S/C8H12/c1-2-7-4-5-8(3-1)6-7/h1-2,7-8H,3-6H2/q+1. The van der Waals surface area contributed by atoms with Gasteiger partial charge >= 0.3 is 0 Å². The SMILES string of the molecule is [CH]1[CH+]CC2CCC1C2. The zero-order valence-corrected chi connectivity index (χ0v) is 5.14. The maximum Gasteiger partial charge on any atom is 0.143 e. The van der Waals surface area contributed by atoms with Crippen LogP contribution in [0.15, 0.2) is 0 Å². The van der Waals surface area contributed by atoms with Crippen LogP contribution >= 0.6 is 0 Å². The van der Waals surface area contributed by atoms with Gasteiger partial charge in [0.05, 0.1) is 12.8 Å². The van der Waals surface area contributed by atoms with Gasteiger partial charge in [0.15, 0.2) is 0 Å². The minimum atomic E-state index is 0.980.